The van der Waals surface area contributed by atoms with Gasteiger partial charge >= 0.3 is 5.69 Å². The summed E-state index contributed by atoms with van der Waals surface area (Å²) in [6, 6.07) is 4.67. The summed E-state index contributed by atoms with van der Waals surface area (Å²) >= 11 is 1.55. The standard InChI is InChI=1S/C12H13N3O3S/c1-8-11(19-7-14-8)5-6-18-10-4-2-3-9(13)12(10)15(16)17/h2-4,7H,5-6,13H2,1H3. The van der Waals surface area contributed by atoms with Crippen LogP contribution in [0.15, 0.2) is 23.7 Å². The van der Waals surface area contributed by atoms with Crippen molar-refractivity contribution in [3.63, 3.8) is 0 Å². The summed E-state index contributed by atoms with van der Waals surface area (Å²) in [4.78, 5) is 15.7. The van der Waals surface area contributed by atoms with Crippen LogP contribution in [-0.4, -0.2) is 16.5 Å². The van der Waals surface area contributed by atoms with E-state index in [-0.39, 0.29) is 17.1 Å². The van der Waals surface area contributed by atoms with E-state index in [4.69, 9.17) is 10.5 Å². The number of nitrogens with zero attached hydrogens (tertiary/aromatic N) is 2. The number of nitro benzene ring substituents is 1. The number of hydrogen-bond donors (Lipinski definition) is 1. The quantitative estimate of drug-likeness (QED) is 0.516. The van der Waals surface area contributed by atoms with Gasteiger partial charge < -0.3 is 10.5 Å². The van der Waals surface area contributed by atoms with Crippen LogP contribution < -0.4 is 10.5 Å². The zero-order valence-electron chi connectivity index (χ0n) is 10.3. The molecule has 7 heteroatoms. The fourth-order valence-electron chi connectivity index (χ4n) is 1.67. The number of hydrogen-bond acceptors (Lipinski definition) is 6. The lowest BCUT2D eigenvalue weighted by Crippen LogP contribution is -2.05. The van der Waals surface area contributed by atoms with Gasteiger partial charge in [0.2, 0.25) is 0 Å². The molecule has 0 saturated heterocycles. The fourth-order valence-corrected chi connectivity index (χ4v) is 2.43. The summed E-state index contributed by atoms with van der Waals surface area (Å²) in [7, 11) is 0. The Bertz CT molecular complexity index is 598. The van der Waals surface area contributed by atoms with Crippen molar-refractivity contribution in [3.05, 3.63) is 44.4 Å². The second kappa shape index (κ2) is 5.66. The molecule has 100 valence electrons. The van der Waals surface area contributed by atoms with Crippen molar-refractivity contribution in [1.82, 2.24) is 4.98 Å². The maximum atomic E-state index is 10.9. The molecule has 0 spiro atoms. The Kier molecular flexibility index (Phi) is 3.96. The average molecular weight is 279 g/mol. The lowest BCUT2D eigenvalue weighted by atomic mass is 10.2. The van der Waals surface area contributed by atoms with Gasteiger partial charge in [0.1, 0.15) is 5.69 Å². The number of benzene rings is 1. The van der Waals surface area contributed by atoms with E-state index in [1.54, 1.807) is 29.0 Å². The van der Waals surface area contributed by atoms with E-state index < -0.39 is 4.92 Å². The van der Waals surface area contributed by atoms with Gasteiger partial charge in [0, 0.05) is 11.3 Å². The molecule has 0 bridgehead atoms. The Labute approximate surface area is 114 Å². The molecule has 2 rings (SSSR count). The van der Waals surface area contributed by atoms with Crippen molar-refractivity contribution in [2.45, 2.75) is 13.3 Å². The Morgan fingerprint density at radius 2 is 2.32 bits per heavy atom. The first-order valence-corrected chi connectivity index (χ1v) is 6.52. The smallest absolute Gasteiger partial charge is 0.333 e. The number of thiazole rings is 1. The van der Waals surface area contributed by atoms with E-state index >= 15 is 0 Å². The van der Waals surface area contributed by atoms with Crippen LogP contribution in [0, 0.1) is 17.0 Å². The van der Waals surface area contributed by atoms with Gasteiger partial charge in [0.25, 0.3) is 0 Å². The van der Waals surface area contributed by atoms with E-state index in [9.17, 15) is 10.1 Å². The van der Waals surface area contributed by atoms with Gasteiger partial charge in [-0.2, -0.15) is 0 Å². The predicted octanol–water partition coefficient (Wildman–Crippen LogP) is 2.56. The molecule has 1 aromatic carbocycles. The van der Waals surface area contributed by atoms with Crippen molar-refractivity contribution in [1.29, 1.82) is 0 Å². The lowest BCUT2D eigenvalue weighted by Gasteiger charge is -2.07. The second-order valence-corrected chi connectivity index (χ2v) is 4.85. The van der Waals surface area contributed by atoms with Gasteiger partial charge in [0.15, 0.2) is 5.75 Å². The molecule has 0 fully saturated rings. The predicted molar refractivity (Wildman–Crippen MR) is 73.6 cm³/mol. The molecule has 6 nitrogen and oxygen atoms in total. The van der Waals surface area contributed by atoms with Gasteiger partial charge in [-0.15, -0.1) is 11.3 Å². The Morgan fingerprint density at radius 3 is 2.95 bits per heavy atom. The molecule has 1 aromatic heterocycles. The first-order chi connectivity index (χ1) is 9.09. The third-order valence-corrected chi connectivity index (χ3v) is 3.64. The molecule has 0 radical (unpaired) electrons. The average Bonchev–Trinajstić information content (AvgIpc) is 2.75. The SMILES string of the molecule is Cc1ncsc1CCOc1cccc(N)c1[N+](=O)[O-]. The summed E-state index contributed by atoms with van der Waals surface area (Å²) in [5.41, 5.74) is 8.25. The molecule has 0 aliphatic rings. The van der Waals surface area contributed by atoms with Crippen LogP contribution in [0.25, 0.3) is 0 Å². The van der Waals surface area contributed by atoms with Crippen LogP contribution in [0.5, 0.6) is 5.75 Å². The van der Waals surface area contributed by atoms with E-state index in [2.05, 4.69) is 4.98 Å². The molecule has 0 amide bonds. The van der Waals surface area contributed by atoms with Crippen LogP contribution >= 0.6 is 11.3 Å². The number of para-hydroxylation sites is 1. The van der Waals surface area contributed by atoms with Gasteiger partial charge in [-0.05, 0) is 19.1 Å². The van der Waals surface area contributed by atoms with Crippen LogP contribution in [0.2, 0.25) is 0 Å². The normalized spacial score (nSPS) is 10.4. The van der Waals surface area contributed by atoms with Crippen molar-refractivity contribution in [2.24, 2.45) is 0 Å². The maximum Gasteiger partial charge on any atom is 0.333 e. The molecule has 0 saturated carbocycles. The summed E-state index contributed by atoms with van der Waals surface area (Å²) in [5, 5.41) is 10.9. The number of aryl methyl sites for hydroxylation is 1. The first-order valence-electron chi connectivity index (χ1n) is 5.64. The van der Waals surface area contributed by atoms with Crippen LogP contribution in [-0.2, 0) is 6.42 Å². The zero-order chi connectivity index (χ0) is 13.8. The van der Waals surface area contributed by atoms with Crippen molar-refractivity contribution >= 4 is 22.7 Å². The number of nitrogens with two attached hydrogens (primary N) is 1. The van der Waals surface area contributed by atoms with E-state index in [1.165, 1.54) is 6.07 Å². The zero-order valence-corrected chi connectivity index (χ0v) is 11.1. The third kappa shape index (κ3) is 3.00. The lowest BCUT2D eigenvalue weighted by molar-refractivity contribution is -0.384. The number of anilines is 1. The molecule has 0 aliphatic carbocycles. The highest BCUT2D eigenvalue weighted by atomic mass is 32.1. The number of aromatic nitrogens is 1. The number of nitrogen functional groups attached to an aromatic ring is 1. The molecule has 0 unspecified atom stereocenters. The Balaban J connectivity index is 2.06. The number of ether oxygens (including phenoxy) is 1. The monoisotopic (exact) mass is 279 g/mol. The van der Waals surface area contributed by atoms with E-state index in [1.807, 2.05) is 6.92 Å². The summed E-state index contributed by atoms with van der Waals surface area (Å²) in [6.45, 7) is 2.28. The molecule has 19 heavy (non-hydrogen) atoms. The van der Waals surface area contributed by atoms with Crippen LogP contribution in [0.3, 0.4) is 0 Å². The number of nitro groups is 1. The minimum Gasteiger partial charge on any atom is -0.486 e. The minimum absolute atomic E-state index is 0.108. The largest absolute Gasteiger partial charge is 0.486 e. The molecule has 0 atom stereocenters. The summed E-state index contributed by atoms with van der Waals surface area (Å²) < 4.78 is 5.46. The highest BCUT2D eigenvalue weighted by Crippen LogP contribution is 2.32. The highest BCUT2D eigenvalue weighted by molar-refractivity contribution is 7.09. The summed E-state index contributed by atoms with van der Waals surface area (Å²) in [5.74, 6) is 0.201. The molecule has 1 heterocycles. The fraction of sp³-hybridized carbons (Fsp3) is 0.250. The van der Waals surface area contributed by atoms with Gasteiger partial charge in [-0.25, -0.2) is 4.98 Å². The Morgan fingerprint density at radius 1 is 1.53 bits per heavy atom. The highest BCUT2D eigenvalue weighted by Gasteiger charge is 2.18. The Hall–Kier alpha value is -2.15. The maximum absolute atomic E-state index is 10.9. The van der Waals surface area contributed by atoms with E-state index in [0.717, 1.165) is 10.6 Å². The second-order valence-electron chi connectivity index (χ2n) is 3.91. The topological polar surface area (TPSA) is 91.3 Å². The molecular formula is C12H13N3O3S. The van der Waals surface area contributed by atoms with Crippen molar-refractivity contribution < 1.29 is 9.66 Å². The van der Waals surface area contributed by atoms with Gasteiger partial charge in [-0.1, -0.05) is 6.07 Å². The van der Waals surface area contributed by atoms with Crippen LogP contribution in [0.1, 0.15) is 10.6 Å². The summed E-state index contributed by atoms with van der Waals surface area (Å²) in [6.07, 6.45) is 0.669. The molecule has 2 N–H and O–H groups in total. The molecule has 0 aliphatic heterocycles. The third-order valence-electron chi connectivity index (χ3n) is 2.64. The number of rotatable bonds is 5. The van der Waals surface area contributed by atoms with Crippen LogP contribution in [0.4, 0.5) is 11.4 Å². The van der Waals surface area contributed by atoms with Crippen molar-refractivity contribution in [3.8, 4) is 5.75 Å². The van der Waals surface area contributed by atoms with Gasteiger partial charge in [0.05, 0.1) is 22.7 Å². The van der Waals surface area contributed by atoms with E-state index in [0.29, 0.717) is 13.0 Å². The van der Waals surface area contributed by atoms with Gasteiger partial charge in [-0.3, -0.25) is 10.1 Å². The van der Waals surface area contributed by atoms with Crippen molar-refractivity contribution in [2.75, 3.05) is 12.3 Å². The molecule has 2 aromatic rings. The minimum atomic E-state index is -0.525. The first kappa shape index (κ1) is 13.3. The molecular weight excluding hydrogens is 266 g/mol.